The van der Waals surface area contributed by atoms with E-state index in [1.807, 2.05) is 6.92 Å². The predicted molar refractivity (Wildman–Crippen MR) is 79.3 cm³/mol. The number of hydrogen-bond acceptors (Lipinski definition) is 6. The zero-order valence-electron chi connectivity index (χ0n) is 12.8. The quantitative estimate of drug-likeness (QED) is 0.419. The van der Waals surface area contributed by atoms with Gasteiger partial charge in [-0.1, -0.05) is 18.5 Å². The molecular formula is C15H21NO5. The Hall–Kier alpha value is -2.24. The van der Waals surface area contributed by atoms with E-state index >= 15 is 0 Å². The van der Waals surface area contributed by atoms with Crippen LogP contribution in [0.2, 0.25) is 0 Å². The summed E-state index contributed by atoms with van der Waals surface area (Å²) in [5.74, 6) is 1.26. The van der Waals surface area contributed by atoms with Crippen molar-refractivity contribution < 1.29 is 23.8 Å². The number of carbonyl (C=O) groups is 1. The number of methoxy groups -OCH3 is 3. The Bertz CT molecular complexity index is 474. The maximum absolute atomic E-state index is 11.4. The zero-order chi connectivity index (χ0) is 15.7. The van der Waals surface area contributed by atoms with Crippen molar-refractivity contribution in [3.05, 3.63) is 17.7 Å². The Kier molecular flexibility index (Phi) is 7.08. The Morgan fingerprint density at radius 1 is 1.14 bits per heavy atom. The molecular weight excluding hydrogens is 274 g/mol. The minimum Gasteiger partial charge on any atom is -0.496 e. The Balaban J connectivity index is 2.88. The monoisotopic (exact) mass is 295 g/mol. The van der Waals surface area contributed by atoms with Crippen molar-refractivity contribution in [2.45, 2.75) is 26.2 Å². The number of ether oxygens (including phenoxy) is 3. The first-order valence-electron chi connectivity index (χ1n) is 6.69. The lowest BCUT2D eigenvalue weighted by molar-refractivity contribution is -0.143. The van der Waals surface area contributed by atoms with Gasteiger partial charge in [-0.3, -0.25) is 0 Å². The van der Waals surface area contributed by atoms with Crippen molar-refractivity contribution in [1.29, 1.82) is 0 Å². The largest absolute Gasteiger partial charge is 0.496 e. The van der Waals surface area contributed by atoms with Crippen LogP contribution in [0.3, 0.4) is 0 Å². The van der Waals surface area contributed by atoms with E-state index in [9.17, 15) is 4.79 Å². The number of unbranched alkanes of at least 4 members (excludes halogenated alkanes) is 1. The average Bonchev–Trinajstić information content (AvgIpc) is 2.52. The highest BCUT2D eigenvalue weighted by molar-refractivity contribution is 5.88. The zero-order valence-corrected chi connectivity index (χ0v) is 12.8. The van der Waals surface area contributed by atoms with Crippen LogP contribution in [0.25, 0.3) is 0 Å². The second-order valence-electron chi connectivity index (χ2n) is 4.25. The van der Waals surface area contributed by atoms with Gasteiger partial charge < -0.3 is 19.0 Å². The van der Waals surface area contributed by atoms with Crippen molar-refractivity contribution in [2.24, 2.45) is 5.16 Å². The first kappa shape index (κ1) is 16.8. The fraction of sp³-hybridized carbons (Fsp3) is 0.467. The van der Waals surface area contributed by atoms with Gasteiger partial charge in [-0.25, -0.2) is 4.79 Å². The molecule has 6 nitrogen and oxygen atoms in total. The summed E-state index contributed by atoms with van der Waals surface area (Å²) in [7, 11) is 4.61. The van der Waals surface area contributed by atoms with Crippen LogP contribution in [-0.2, 0) is 9.63 Å². The summed E-state index contributed by atoms with van der Waals surface area (Å²) >= 11 is 0. The number of nitrogens with zero attached hydrogens (tertiary/aromatic N) is 1. The molecule has 0 aliphatic heterocycles. The molecule has 1 rings (SSSR count). The van der Waals surface area contributed by atoms with Gasteiger partial charge >= 0.3 is 5.97 Å². The van der Waals surface area contributed by atoms with Crippen LogP contribution in [-0.4, -0.2) is 33.5 Å². The van der Waals surface area contributed by atoms with Crippen molar-refractivity contribution in [3.63, 3.8) is 0 Å². The summed E-state index contributed by atoms with van der Waals surface area (Å²) < 4.78 is 15.7. The lowest BCUT2D eigenvalue weighted by Gasteiger charge is -2.11. The highest BCUT2D eigenvalue weighted by Gasteiger charge is 2.12. The number of benzene rings is 1. The van der Waals surface area contributed by atoms with Crippen LogP contribution >= 0.6 is 0 Å². The van der Waals surface area contributed by atoms with Gasteiger partial charge in [0.1, 0.15) is 17.2 Å². The van der Waals surface area contributed by atoms with Gasteiger partial charge in [-0.2, -0.15) is 0 Å². The van der Waals surface area contributed by atoms with E-state index in [1.54, 1.807) is 19.2 Å². The maximum Gasteiger partial charge on any atom is 0.335 e. The first-order valence-corrected chi connectivity index (χ1v) is 6.69. The number of carbonyl (C=O) groups excluding carboxylic acids is 1. The fourth-order valence-corrected chi connectivity index (χ4v) is 1.66. The van der Waals surface area contributed by atoms with E-state index < -0.39 is 0 Å². The molecule has 1 aromatic rings. The molecule has 0 unspecified atom stereocenters. The first-order chi connectivity index (χ1) is 10.2. The average molecular weight is 295 g/mol. The Morgan fingerprint density at radius 3 is 2.24 bits per heavy atom. The van der Waals surface area contributed by atoms with Crippen LogP contribution in [0.5, 0.6) is 17.2 Å². The summed E-state index contributed by atoms with van der Waals surface area (Å²) in [4.78, 5) is 16.2. The van der Waals surface area contributed by atoms with E-state index in [4.69, 9.17) is 19.0 Å². The van der Waals surface area contributed by atoms with Gasteiger partial charge in [0.15, 0.2) is 0 Å². The van der Waals surface area contributed by atoms with Crippen LogP contribution in [0.15, 0.2) is 17.3 Å². The molecule has 21 heavy (non-hydrogen) atoms. The van der Waals surface area contributed by atoms with Crippen LogP contribution in [0, 0.1) is 0 Å². The van der Waals surface area contributed by atoms with Gasteiger partial charge in [-0.05, 0) is 6.42 Å². The molecule has 0 fully saturated rings. The number of hydrogen-bond donors (Lipinski definition) is 0. The van der Waals surface area contributed by atoms with Crippen LogP contribution in [0.1, 0.15) is 31.7 Å². The summed E-state index contributed by atoms with van der Waals surface area (Å²) in [5, 5.41) is 3.69. The smallest absolute Gasteiger partial charge is 0.335 e. The number of oxime groups is 1. The molecule has 0 aliphatic rings. The maximum atomic E-state index is 11.4. The summed E-state index contributed by atoms with van der Waals surface area (Å²) in [5.41, 5.74) is 0.573. The highest BCUT2D eigenvalue weighted by Crippen LogP contribution is 2.32. The molecule has 0 spiro atoms. The van der Waals surface area contributed by atoms with Gasteiger partial charge in [-0.15, -0.1) is 0 Å². The van der Waals surface area contributed by atoms with Crippen LogP contribution in [0.4, 0.5) is 0 Å². The Morgan fingerprint density at radius 2 is 1.76 bits per heavy atom. The molecule has 1 aromatic carbocycles. The Labute approximate surface area is 124 Å². The lowest BCUT2D eigenvalue weighted by Crippen LogP contribution is -2.01. The van der Waals surface area contributed by atoms with Crippen molar-refractivity contribution in [1.82, 2.24) is 0 Å². The van der Waals surface area contributed by atoms with Gasteiger partial charge in [0.2, 0.25) is 0 Å². The normalized spacial score (nSPS) is 10.5. The van der Waals surface area contributed by atoms with E-state index in [0.29, 0.717) is 29.2 Å². The molecule has 6 heteroatoms. The standard InChI is InChI=1S/C15H21NO5/c1-5-6-7-15(17)21-16-10-12-13(19-3)8-11(18-2)9-14(12)20-4/h8-10H,5-7H2,1-4H3/b16-10-. The molecule has 0 radical (unpaired) electrons. The summed E-state index contributed by atoms with van der Waals surface area (Å²) in [6.45, 7) is 2.00. The minimum absolute atomic E-state index is 0.352. The van der Waals surface area contributed by atoms with Crippen LogP contribution < -0.4 is 14.2 Å². The van der Waals surface area contributed by atoms with E-state index in [1.165, 1.54) is 20.4 Å². The van der Waals surface area contributed by atoms with Gasteiger partial charge in [0.25, 0.3) is 0 Å². The van der Waals surface area contributed by atoms with E-state index in [-0.39, 0.29) is 5.97 Å². The van der Waals surface area contributed by atoms with E-state index in [2.05, 4.69) is 5.16 Å². The lowest BCUT2D eigenvalue weighted by atomic mass is 10.2. The van der Waals surface area contributed by atoms with Crippen molar-refractivity contribution in [3.8, 4) is 17.2 Å². The molecule has 0 N–H and O–H groups in total. The summed E-state index contributed by atoms with van der Waals surface area (Å²) in [6.07, 6.45) is 3.45. The second kappa shape index (κ2) is 8.84. The minimum atomic E-state index is -0.362. The third kappa shape index (κ3) is 4.98. The molecule has 0 aromatic heterocycles. The SMILES string of the molecule is CCCCC(=O)O/N=C\c1c(OC)cc(OC)cc1OC. The fourth-order valence-electron chi connectivity index (χ4n) is 1.66. The third-order valence-corrected chi connectivity index (χ3v) is 2.82. The van der Waals surface area contributed by atoms with Gasteiger partial charge in [0.05, 0.1) is 33.1 Å². The molecule has 0 saturated carbocycles. The van der Waals surface area contributed by atoms with E-state index in [0.717, 1.165) is 12.8 Å². The molecule has 0 bridgehead atoms. The third-order valence-electron chi connectivity index (χ3n) is 2.82. The second-order valence-corrected chi connectivity index (χ2v) is 4.25. The topological polar surface area (TPSA) is 66.4 Å². The molecule has 116 valence electrons. The van der Waals surface area contributed by atoms with Gasteiger partial charge in [0, 0.05) is 18.6 Å². The molecule has 0 aliphatic carbocycles. The molecule has 0 saturated heterocycles. The molecule has 0 heterocycles. The summed E-state index contributed by atoms with van der Waals surface area (Å²) in [6, 6.07) is 3.39. The van der Waals surface area contributed by atoms with Crippen molar-refractivity contribution in [2.75, 3.05) is 21.3 Å². The predicted octanol–water partition coefficient (Wildman–Crippen LogP) is 2.78. The van der Waals surface area contributed by atoms with Crippen molar-refractivity contribution >= 4 is 12.2 Å². The highest BCUT2D eigenvalue weighted by atomic mass is 16.7. The number of rotatable bonds is 8. The molecule has 0 amide bonds. The molecule has 0 atom stereocenters.